The summed E-state index contributed by atoms with van der Waals surface area (Å²) in [6, 6.07) is 0. The molecular formula is C4H11NO3S. The van der Waals surface area contributed by atoms with Crippen molar-refractivity contribution in [3.63, 3.8) is 0 Å². The molecule has 0 atom stereocenters. The second-order valence-corrected chi connectivity index (χ2v) is 3.31. The second-order valence-electron chi connectivity index (χ2n) is 1.88. The van der Waals surface area contributed by atoms with Crippen LogP contribution in [0.3, 0.4) is 0 Å². The van der Waals surface area contributed by atoms with E-state index >= 15 is 0 Å². The Morgan fingerprint density at radius 2 is 2.00 bits per heavy atom. The minimum atomic E-state index is -3.81. The fourth-order valence-corrected chi connectivity index (χ4v) is 1.11. The highest BCUT2D eigenvalue weighted by Crippen LogP contribution is 1.86. The number of hydrogen-bond donors (Lipinski definition) is 1. The smallest absolute Gasteiger partial charge is 0.278 e. The van der Waals surface area contributed by atoms with Crippen LogP contribution in [0.5, 0.6) is 0 Å². The third kappa shape index (κ3) is 5.75. The number of rotatable bonds is 3. The lowest BCUT2D eigenvalue weighted by atomic mass is 10.7. The fourth-order valence-electron chi connectivity index (χ4n) is 0.370. The summed E-state index contributed by atoms with van der Waals surface area (Å²) in [5.74, 6) is -0.288. The summed E-state index contributed by atoms with van der Waals surface area (Å²) < 4.78 is 28.5. The topological polar surface area (TPSA) is 57.6 Å². The van der Waals surface area contributed by atoms with Crippen LogP contribution in [0, 0.1) is 0 Å². The summed E-state index contributed by atoms with van der Waals surface area (Å²) >= 11 is 0. The van der Waals surface area contributed by atoms with Gasteiger partial charge >= 0.3 is 0 Å². The van der Waals surface area contributed by atoms with Gasteiger partial charge in [-0.25, -0.2) is 0 Å². The van der Waals surface area contributed by atoms with E-state index in [-0.39, 0.29) is 5.88 Å². The van der Waals surface area contributed by atoms with Gasteiger partial charge in [0.25, 0.3) is 10.1 Å². The lowest BCUT2D eigenvalue weighted by Gasteiger charge is -2.09. The van der Waals surface area contributed by atoms with Crippen LogP contribution in [0.1, 0.15) is 6.92 Å². The average molecular weight is 153 g/mol. The van der Waals surface area contributed by atoms with Crippen LogP contribution in [0.2, 0.25) is 0 Å². The Balaban J connectivity index is 3.75. The zero-order chi connectivity index (χ0) is 7.49. The van der Waals surface area contributed by atoms with Crippen molar-refractivity contribution >= 4 is 10.1 Å². The molecule has 9 heavy (non-hydrogen) atoms. The summed E-state index contributed by atoms with van der Waals surface area (Å²) in [7, 11) is -2.19. The third-order valence-corrected chi connectivity index (χ3v) is 1.69. The predicted molar refractivity (Wildman–Crippen MR) is 34.7 cm³/mol. The van der Waals surface area contributed by atoms with Gasteiger partial charge in [-0.1, -0.05) is 6.92 Å². The molecule has 0 aliphatic carbocycles. The molecule has 0 unspecified atom stereocenters. The normalized spacial score (nSPS) is 12.4. The zero-order valence-corrected chi connectivity index (χ0v) is 6.35. The molecule has 4 nitrogen and oxygen atoms in total. The largest absolute Gasteiger partial charge is 0.291 e. The predicted octanol–water partition coefficient (Wildman–Crippen LogP) is -0.217. The van der Waals surface area contributed by atoms with Gasteiger partial charge in [-0.15, -0.1) is 0 Å². The van der Waals surface area contributed by atoms with Crippen molar-refractivity contribution < 1.29 is 13.0 Å². The van der Waals surface area contributed by atoms with Crippen LogP contribution in [0.15, 0.2) is 0 Å². The molecule has 0 amide bonds. The molecule has 0 saturated carbocycles. The fraction of sp³-hybridized carbons (Fsp3) is 1.00. The quantitative estimate of drug-likeness (QED) is 0.570. The first kappa shape index (κ1) is 8.87. The molecule has 56 valence electrons. The van der Waals surface area contributed by atoms with Gasteiger partial charge in [0.1, 0.15) is 5.88 Å². The van der Waals surface area contributed by atoms with E-state index in [0.29, 0.717) is 6.54 Å². The molecule has 0 aromatic heterocycles. The summed E-state index contributed by atoms with van der Waals surface area (Å²) in [5, 5.41) is 0. The zero-order valence-electron chi connectivity index (χ0n) is 5.53. The highest BCUT2D eigenvalue weighted by Gasteiger charge is 2.06. The molecule has 0 aromatic carbocycles. The van der Waals surface area contributed by atoms with Crippen LogP contribution in [0.25, 0.3) is 0 Å². The van der Waals surface area contributed by atoms with Crippen LogP contribution < -0.4 is 0 Å². The molecule has 0 spiro atoms. The Morgan fingerprint density at radius 1 is 1.56 bits per heavy atom. The lowest BCUT2D eigenvalue weighted by molar-refractivity contribution is 0.378. The highest BCUT2D eigenvalue weighted by molar-refractivity contribution is 7.85. The first-order valence-electron chi connectivity index (χ1n) is 2.59. The van der Waals surface area contributed by atoms with Gasteiger partial charge in [-0.2, -0.15) is 8.42 Å². The van der Waals surface area contributed by atoms with Crippen molar-refractivity contribution in [2.45, 2.75) is 6.92 Å². The van der Waals surface area contributed by atoms with Crippen molar-refractivity contribution in [2.24, 2.45) is 0 Å². The molecule has 0 aliphatic heterocycles. The summed E-state index contributed by atoms with van der Waals surface area (Å²) in [5.41, 5.74) is 0. The summed E-state index contributed by atoms with van der Waals surface area (Å²) in [6.45, 7) is 2.42. The van der Waals surface area contributed by atoms with Crippen LogP contribution >= 0.6 is 0 Å². The first-order valence-corrected chi connectivity index (χ1v) is 4.20. The maximum absolute atomic E-state index is 10.1. The Bertz CT molecular complexity index is 163. The molecule has 5 heteroatoms. The standard InChI is InChI=1S/C4H11NO3S/c1-3-5(2)4-9(6,7)8/h3-4H2,1-2H3,(H,6,7,8). The van der Waals surface area contributed by atoms with Crippen molar-refractivity contribution in [1.29, 1.82) is 0 Å². The molecule has 0 heterocycles. The van der Waals surface area contributed by atoms with E-state index in [1.54, 1.807) is 7.05 Å². The minimum absolute atomic E-state index is 0.288. The molecule has 0 aliphatic rings. The third-order valence-electron chi connectivity index (χ3n) is 0.923. The molecule has 1 N–H and O–H groups in total. The highest BCUT2D eigenvalue weighted by atomic mass is 32.2. The molecule has 0 aromatic rings. The van der Waals surface area contributed by atoms with Gasteiger partial charge in [-0.05, 0) is 13.6 Å². The second kappa shape index (κ2) is 3.14. The van der Waals surface area contributed by atoms with E-state index in [2.05, 4.69) is 0 Å². The SMILES string of the molecule is CCN(C)CS(=O)(=O)O. The average Bonchev–Trinajstić information content (AvgIpc) is 1.62. The molecule has 0 rings (SSSR count). The summed E-state index contributed by atoms with van der Waals surface area (Å²) in [6.07, 6.45) is 0. The molecule has 0 fully saturated rings. The maximum atomic E-state index is 10.1. The Morgan fingerprint density at radius 3 is 2.11 bits per heavy atom. The van der Waals surface area contributed by atoms with E-state index in [4.69, 9.17) is 4.55 Å². The van der Waals surface area contributed by atoms with Crippen LogP contribution in [-0.2, 0) is 10.1 Å². The molecule has 0 saturated heterocycles. The van der Waals surface area contributed by atoms with Crippen molar-refractivity contribution in [2.75, 3.05) is 19.5 Å². The maximum Gasteiger partial charge on any atom is 0.278 e. The van der Waals surface area contributed by atoms with E-state index < -0.39 is 10.1 Å². The Hall–Kier alpha value is -0.130. The van der Waals surface area contributed by atoms with Crippen LogP contribution in [0.4, 0.5) is 0 Å². The van der Waals surface area contributed by atoms with E-state index in [9.17, 15) is 8.42 Å². The molecule has 0 radical (unpaired) electrons. The van der Waals surface area contributed by atoms with Gasteiger partial charge < -0.3 is 0 Å². The monoisotopic (exact) mass is 153 g/mol. The Labute approximate surface area is 55.2 Å². The van der Waals surface area contributed by atoms with Crippen molar-refractivity contribution in [3.05, 3.63) is 0 Å². The number of nitrogens with zero attached hydrogens (tertiary/aromatic N) is 1. The van der Waals surface area contributed by atoms with Gasteiger partial charge in [0.15, 0.2) is 0 Å². The van der Waals surface area contributed by atoms with Crippen molar-refractivity contribution in [3.8, 4) is 0 Å². The van der Waals surface area contributed by atoms with Crippen molar-refractivity contribution in [1.82, 2.24) is 4.90 Å². The van der Waals surface area contributed by atoms with E-state index in [0.717, 1.165) is 0 Å². The minimum Gasteiger partial charge on any atom is -0.291 e. The van der Waals surface area contributed by atoms with Gasteiger partial charge in [0.05, 0.1) is 0 Å². The summed E-state index contributed by atoms with van der Waals surface area (Å²) in [4.78, 5) is 1.50. The lowest BCUT2D eigenvalue weighted by Crippen LogP contribution is -2.24. The van der Waals surface area contributed by atoms with Gasteiger partial charge in [0, 0.05) is 0 Å². The van der Waals surface area contributed by atoms with Gasteiger partial charge in [-0.3, -0.25) is 9.45 Å². The van der Waals surface area contributed by atoms with Crippen LogP contribution in [-0.4, -0.2) is 37.3 Å². The molecule has 0 bridgehead atoms. The van der Waals surface area contributed by atoms with E-state index in [1.165, 1.54) is 4.90 Å². The van der Waals surface area contributed by atoms with Gasteiger partial charge in [0.2, 0.25) is 0 Å². The number of hydrogen-bond acceptors (Lipinski definition) is 3. The molecular weight excluding hydrogens is 142 g/mol. The first-order chi connectivity index (χ1) is 3.95. The van der Waals surface area contributed by atoms with E-state index in [1.807, 2.05) is 6.92 Å². The Kier molecular flexibility index (Phi) is 3.10.